The molecule has 0 aromatic rings. The van der Waals surface area contributed by atoms with Gasteiger partial charge in [0.1, 0.15) is 6.61 Å². The van der Waals surface area contributed by atoms with E-state index in [1.54, 1.807) is 0 Å². The first-order valence-corrected chi connectivity index (χ1v) is 21.2. The molecular formula is C45H80O5. The summed E-state index contributed by atoms with van der Waals surface area (Å²) in [5.41, 5.74) is 0. The molecule has 0 amide bonds. The molecule has 50 heavy (non-hydrogen) atoms. The Morgan fingerprint density at radius 3 is 1.48 bits per heavy atom. The lowest BCUT2D eigenvalue weighted by molar-refractivity contribution is -0.163. The lowest BCUT2D eigenvalue weighted by Gasteiger charge is -2.18. The van der Waals surface area contributed by atoms with Crippen LogP contribution < -0.4 is 0 Å². The zero-order valence-electron chi connectivity index (χ0n) is 33.2. The Bertz CT molecular complexity index is 842. The quantitative estimate of drug-likeness (QED) is 0.0364. The summed E-state index contributed by atoms with van der Waals surface area (Å²) in [6.07, 6.45) is 48.3. The van der Waals surface area contributed by atoms with Gasteiger partial charge in [0.05, 0.1) is 6.61 Å². The van der Waals surface area contributed by atoms with E-state index in [4.69, 9.17) is 14.2 Å². The highest BCUT2D eigenvalue weighted by molar-refractivity contribution is 5.70. The minimum Gasteiger partial charge on any atom is -0.462 e. The maximum atomic E-state index is 12.6. The van der Waals surface area contributed by atoms with Gasteiger partial charge >= 0.3 is 11.9 Å². The van der Waals surface area contributed by atoms with Gasteiger partial charge in [-0.15, -0.1) is 0 Å². The number of allylic oxidation sites excluding steroid dienone is 8. The lowest BCUT2D eigenvalue weighted by atomic mass is 10.1. The van der Waals surface area contributed by atoms with E-state index in [9.17, 15) is 9.59 Å². The molecule has 5 nitrogen and oxygen atoms in total. The number of hydrogen-bond acceptors (Lipinski definition) is 5. The van der Waals surface area contributed by atoms with Crippen molar-refractivity contribution < 1.29 is 23.8 Å². The largest absolute Gasteiger partial charge is 0.462 e. The third-order valence-electron chi connectivity index (χ3n) is 8.85. The number of hydrogen-bond donors (Lipinski definition) is 0. The van der Waals surface area contributed by atoms with Crippen LogP contribution >= 0.6 is 0 Å². The molecule has 0 spiro atoms. The average molecular weight is 701 g/mol. The van der Waals surface area contributed by atoms with Crippen molar-refractivity contribution in [2.75, 3.05) is 19.8 Å². The summed E-state index contributed by atoms with van der Waals surface area (Å²) in [5, 5.41) is 0. The second kappa shape index (κ2) is 41.3. The van der Waals surface area contributed by atoms with Crippen LogP contribution in [0, 0.1) is 0 Å². The van der Waals surface area contributed by atoms with Crippen molar-refractivity contribution >= 4 is 11.9 Å². The Morgan fingerprint density at radius 1 is 0.460 bits per heavy atom. The first-order chi connectivity index (χ1) is 24.6. The number of esters is 2. The first kappa shape index (κ1) is 47.9. The number of carbonyl (C=O) groups is 2. The van der Waals surface area contributed by atoms with E-state index in [0.717, 1.165) is 77.0 Å². The molecule has 0 bridgehead atoms. The molecule has 0 saturated heterocycles. The summed E-state index contributed by atoms with van der Waals surface area (Å²) < 4.78 is 17.2. The van der Waals surface area contributed by atoms with Crippen molar-refractivity contribution in [1.29, 1.82) is 0 Å². The van der Waals surface area contributed by atoms with Crippen molar-refractivity contribution in [3.63, 3.8) is 0 Å². The van der Waals surface area contributed by atoms with Crippen LogP contribution in [0.5, 0.6) is 0 Å². The highest BCUT2D eigenvalue weighted by Crippen LogP contribution is 2.12. The Morgan fingerprint density at radius 2 is 0.900 bits per heavy atom. The molecular weight excluding hydrogens is 620 g/mol. The molecule has 0 rings (SSSR count). The number of carbonyl (C=O) groups excluding carboxylic acids is 2. The van der Waals surface area contributed by atoms with E-state index >= 15 is 0 Å². The number of ether oxygens (including phenoxy) is 3. The molecule has 0 saturated carbocycles. The first-order valence-electron chi connectivity index (χ1n) is 21.2. The maximum absolute atomic E-state index is 12.6. The van der Waals surface area contributed by atoms with Gasteiger partial charge in [0.15, 0.2) is 6.10 Å². The Hall–Kier alpha value is -2.14. The molecule has 0 aliphatic rings. The van der Waals surface area contributed by atoms with Gasteiger partial charge in [-0.25, -0.2) is 0 Å². The molecule has 0 aliphatic heterocycles. The molecule has 290 valence electrons. The van der Waals surface area contributed by atoms with Crippen molar-refractivity contribution in [2.24, 2.45) is 0 Å². The Labute approximate surface area is 310 Å². The van der Waals surface area contributed by atoms with E-state index in [2.05, 4.69) is 69.4 Å². The van der Waals surface area contributed by atoms with Crippen LogP contribution in [0.3, 0.4) is 0 Å². The van der Waals surface area contributed by atoms with Crippen molar-refractivity contribution in [3.8, 4) is 0 Å². The molecule has 0 fully saturated rings. The highest BCUT2D eigenvalue weighted by Gasteiger charge is 2.17. The summed E-state index contributed by atoms with van der Waals surface area (Å²) in [4.78, 5) is 25.0. The predicted octanol–water partition coefficient (Wildman–Crippen LogP) is 13.7. The van der Waals surface area contributed by atoms with Crippen LogP contribution in [0.15, 0.2) is 48.6 Å². The van der Waals surface area contributed by atoms with Gasteiger partial charge in [0.2, 0.25) is 0 Å². The number of unbranched alkanes of at least 4 members (excludes halogenated alkanes) is 19. The minimum atomic E-state index is -0.544. The standard InChI is InChI=1S/C45H80O5/c1-4-7-10-13-16-18-20-22-24-26-28-31-34-37-40-48-41-43(50-45(47)39-36-33-29-15-12-9-6-3)42-49-44(46)38-35-32-30-27-25-23-21-19-17-14-11-8-5-2/h7,10,16,18-19,21-22,24,43H,4-6,8-9,11-15,17,20,23,25-42H2,1-3H3/b10-7-,18-16-,21-19-,24-22-. The van der Waals surface area contributed by atoms with Gasteiger partial charge in [-0.3, -0.25) is 9.59 Å². The van der Waals surface area contributed by atoms with Gasteiger partial charge in [-0.2, -0.15) is 0 Å². The molecule has 0 aromatic heterocycles. The van der Waals surface area contributed by atoms with Gasteiger partial charge < -0.3 is 14.2 Å². The van der Waals surface area contributed by atoms with Crippen LogP contribution in [0.25, 0.3) is 0 Å². The number of rotatable bonds is 38. The third kappa shape index (κ3) is 38.7. The monoisotopic (exact) mass is 701 g/mol. The van der Waals surface area contributed by atoms with E-state index in [-0.39, 0.29) is 25.2 Å². The van der Waals surface area contributed by atoms with Gasteiger partial charge in [-0.05, 0) is 77.0 Å². The van der Waals surface area contributed by atoms with Crippen molar-refractivity contribution in [2.45, 2.75) is 207 Å². The van der Waals surface area contributed by atoms with Crippen LogP contribution in [0.4, 0.5) is 0 Å². The fourth-order valence-corrected chi connectivity index (χ4v) is 5.69. The Kier molecular flexibility index (Phi) is 39.5. The normalized spacial score (nSPS) is 12.6. The molecule has 0 aliphatic carbocycles. The highest BCUT2D eigenvalue weighted by atomic mass is 16.6. The summed E-state index contributed by atoms with van der Waals surface area (Å²) in [7, 11) is 0. The summed E-state index contributed by atoms with van der Waals surface area (Å²) >= 11 is 0. The fourth-order valence-electron chi connectivity index (χ4n) is 5.69. The fraction of sp³-hybridized carbons (Fsp3) is 0.778. The average Bonchev–Trinajstić information content (AvgIpc) is 3.11. The molecule has 1 unspecified atom stereocenters. The SMILES string of the molecule is CC/C=C\C/C=C\C/C=C\CCCCCCOCC(COC(=O)CCCCCCC/C=C\CCCCCC)OC(=O)CCCCCCCCC. The van der Waals surface area contributed by atoms with Crippen LogP contribution in [0.1, 0.15) is 201 Å². The van der Waals surface area contributed by atoms with Crippen LogP contribution in [-0.4, -0.2) is 37.9 Å². The van der Waals surface area contributed by atoms with Crippen molar-refractivity contribution in [1.82, 2.24) is 0 Å². The molecule has 0 radical (unpaired) electrons. The van der Waals surface area contributed by atoms with Crippen LogP contribution in [-0.2, 0) is 23.8 Å². The van der Waals surface area contributed by atoms with Gasteiger partial charge in [0, 0.05) is 19.4 Å². The van der Waals surface area contributed by atoms with E-state index in [0.29, 0.717) is 19.4 Å². The second-order valence-corrected chi connectivity index (χ2v) is 13.9. The van der Waals surface area contributed by atoms with E-state index < -0.39 is 6.10 Å². The molecule has 5 heteroatoms. The predicted molar refractivity (Wildman–Crippen MR) is 215 cm³/mol. The van der Waals surface area contributed by atoms with Crippen LogP contribution in [0.2, 0.25) is 0 Å². The third-order valence-corrected chi connectivity index (χ3v) is 8.85. The molecule has 0 heterocycles. The summed E-state index contributed by atoms with van der Waals surface area (Å²) in [6.45, 7) is 7.60. The minimum absolute atomic E-state index is 0.0728. The van der Waals surface area contributed by atoms with E-state index in [1.807, 2.05) is 0 Å². The molecule has 1 atom stereocenters. The smallest absolute Gasteiger partial charge is 0.306 e. The molecule has 0 N–H and O–H groups in total. The van der Waals surface area contributed by atoms with Gasteiger partial charge in [-0.1, -0.05) is 159 Å². The molecule has 0 aromatic carbocycles. The van der Waals surface area contributed by atoms with E-state index in [1.165, 1.54) is 89.9 Å². The lowest BCUT2D eigenvalue weighted by Crippen LogP contribution is -2.30. The zero-order valence-corrected chi connectivity index (χ0v) is 33.2. The summed E-state index contributed by atoms with van der Waals surface area (Å²) in [6, 6.07) is 0. The zero-order chi connectivity index (χ0) is 36.4. The maximum Gasteiger partial charge on any atom is 0.306 e. The Balaban J connectivity index is 4.23. The summed E-state index contributed by atoms with van der Waals surface area (Å²) in [5.74, 6) is -0.426. The topological polar surface area (TPSA) is 61.8 Å². The van der Waals surface area contributed by atoms with Gasteiger partial charge in [0.25, 0.3) is 0 Å². The van der Waals surface area contributed by atoms with Crippen molar-refractivity contribution in [3.05, 3.63) is 48.6 Å². The second-order valence-electron chi connectivity index (χ2n) is 13.9.